The molecule has 0 aromatic carbocycles. The van der Waals surface area contributed by atoms with E-state index in [1.54, 1.807) is 0 Å². The molecule has 0 aliphatic heterocycles. The Morgan fingerprint density at radius 2 is 1.89 bits per heavy atom. The molecule has 108 valence electrons. The van der Waals surface area contributed by atoms with E-state index < -0.39 is 0 Å². The van der Waals surface area contributed by atoms with Crippen molar-refractivity contribution in [2.75, 3.05) is 30.4 Å². The van der Waals surface area contributed by atoms with Gasteiger partial charge in [0.1, 0.15) is 17.5 Å². The number of nitrogens with one attached hydrogen (secondary N) is 1. The van der Waals surface area contributed by atoms with Gasteiger partial charge in [-0.2, -0.15) is 0 Å². The van der Waals surface area contributed by atoms with Crippen LogP contribution >= 0.6 is 0 Å². The number of anilines is 2. The molecule has 1 aromatic heterocycles. The summed E-state index contributed by atoms with van der Waals surface area (Å²) in [4.78, 5) is 11.5. The Morgan fingerprint density at radius 3 is 2.42 bits per heavy atom. The lowest BCUT2D eigenvalue weighted by molar-refractivity contribution is 0.582. The first-order valence-electron chi connectivity index (χ1n) is 7.32. The Hall–Kier alpha value is -1.32. The van der Waals surface area contributed by atoms with Crippen LogP contribution < -0.4 is 10.2 Å². The summed E-state index contributed by atoms with van der Waals surface area (Å²) in [7, 11) is 2.12. The molecule has 1 aromatic rings. The average molecular weight is 264 g/mol. The zero-order chi connectivity index (χ0) is 14.4. The van der Waals surface area contributed by atoms with Gasteiger partial charge in [0.15, 0.2) is 0 Å². The first kappa shape index (κ1) is 15.7. The first-order valence-corrected chi connectivity index (χ1v) is 7.32. The highest BCUT2D eigenvalue weighted by atomic mass is 15.2. The van der Waals surface area contributed by atoms with Crippen molar-refractivity contribution in [3.05, 3.63) is 11.4 Å². The Bertz CT molecular complexity index is 401. The highest BCUT2D eigenvalue weighted by molar-refractivity contribution is 5.58. The lowest BCUT2D eigenvalue weighted by atomic mass is 10.1. The smallest absolute Gasteiger partial charge is 0.137 e. The second-order valence-electron chi connectivity index (χ2n) is 5.43. The second kappa shape index (κ2) is 7.31. The SMILES string of the molecule is CCNc1nc(CC)nc(N(C)CCC(C)C)c1C. The molecule has 0 aliphatic carbocycles. The minimum absolute atomic E-state index is 0.712. The third-order valence-electron chi connectivity index (χ3n) is 3.23. The van der Waals surface area contributed by atoms with Crippen LogP contribution in [0.1, 0.15) is 45.5 Å². The van der Waals surface area contributed by atoms with E-state index in [-0.39, 0.29) is 0 Å². The highest BCUT2D eigenvalue weighted by Crippen LogP contribution is 2.23. The maximum atomic E-state index is 4.69. The molecular formula is C15H28N4. The molecule has 0 atom stereocenters. The second-order valence-corrected chi connectivity index (χ2v) is 5.43. The lowest BCUT2D eigenvalue weighted by Crippen LogP contribution is -2.23. The van der Waals surface area contributed by atoms with Gasteiger partial charge in [0.05, 0.1) is 0 Å². The van der Waals surface area contributed by atoms with Crippen molar-refractivity contribution in [1.29, 1.82) is 0 Å². The molecule has 19 heavy (non-hydrogen) atoms. The van der Waals surface area contributed by atoms with Crippen molar-refractivity contribution < 1.29 is 0 Å². The minimum atomic E-state index is 0.712. The van der Waals surface area contributed by atoms with Gasteiger partial charge in [0, 0.05) is 32.1 Å². The number of aryl methyl sites for hydroxylation is 1. The first-order chi connectivity index (χ1) is 8.99. The van der Waals surface area contributed by atoms with Gasteiger partial charge < -0.3 is 10.2 Å². The molecule has 0 saturated heterocycles. The van der Waals surface area contributed by atoms with Gasteiger partial charge in [-0.3, -0.25) is 0 Å². The third-order valence-corrected chi connectivity index (χ3v) is 3.23. The monoisotopic (exact) mass is 264 g/mol. The fourth-order valence-corrected chi connectivity index (χ4v) is 1.98. The van der Waals surface area contributed by atoms with E-state index in [1.165, 1.54) is 6.42 Å². The van der Waals surface area contributed by atoms with Crippen LogP contribution in [0.15, 0.2) is 0 Å². The van der Waals surface area contributed by atoms with Gasteiger partial charge in [-0.15, -0.1) is 0 Å². The van der Waals surface area contributed by atoms with Crippen LogP contribution in [0.25, 0.3) is 0 Å². The van der Waals surface area contributed by atoms with Crippen molar-refractivity contribution in [2.24, 2.45) is 5.92 Å². The van der Waals surface area contributed by atoms with Crippen molar-refractivity contribution in [3.8, 4) is 0 Å². The zero-order valence-corrected chi connectivity index (χ0v) is 13.2. The van der Waals surface area contributed by atoms with Crippen molar-refractivity contribution in [1.82, 2.24) is 9.97 Å². The number of hydrogen-bond acceptors (Lipinski definition) is 4. The molecule has 0 aliphatic rings. The standard InChI is InChI=1S/C15H28N4/c1-7-13-17-14(16-8-2)12(5)15(18-13)19(6)10-9-11(3)4/h11H,7-10H2,1-6H3,(H,16,17,18). The van der Waals surface area contributed by atoms with Crippen LogP contribution in [-0.2, 0) is 6.42 Å². The molecular weight excluding hydrogens is 236 g/mol. The van der Waals surface area contributed by atoms with Crippen LogP contribution in [0.5, 0.6) is 0 Å². The minimum Gasteiger partial charge on any atom is -0.370 e. The Morgan fingerprint density at radius 1 is 1.21 bits per heavy atom. The fourth-order valence-electron chi connectivity index (χ4n) is 1.98. The topological polar surface area (TPSA) is 41.1 Å². The van der Waals surface area contributed by atoms with E-state index in [0.29, 0.717) is 5.92 Å². The van der Waals surface area contributed by atoms with Crippen LogP contribution in [0.3, 0.4) is 0 Å². The molecule has 4 heteroatoms. The number of nitrogens with zero attached hydrogens (tertiary/aromatic N) is 3. The zero-order valence-electron chi connectivity index (χ0n) is 13.2. The van der Waals surface area contributed by atoms with Gasteiger partial charge in [0.25, 0.3) is 0 Å². The summed E-state index contributed by atoms with van der Waals surface area (Å²) in [5.41, 5.74) is 1.14. The molecule has 0 amide bonds. The summed E-state index contributed by atoms with van der Waals surface area (Å²) < 4.78 is 0. The summed E-state index contributed by atoms with van der Waals surface area (Å²) in [5.74, 6) is 3.65. The molecule has 0 bridgehead atoms. The van der Waals surface area contributed by atoms with E-state index in [9.17, 15) is 0 Å². The van der Waals surface area contributed by atoms with Gasteiger partial charge in [-0.25, -0.2) is 9.97 Å². The molecule has 4 nitrogen and oxygen atoms in total. The van der Waals surface area contributed by atoms with Crippen LogP contribution in [0.2, 0.25) is 0 Å². The van der Waals surface area contributed by atoms with Gasteiger partial charge in [0.2, 0.25) is 0 Å². The Labute approximate surface area is 117 Å². The third kappa shape index (κ3) is 4.37. The Kier molecular flexibility index (Phi) is 6.06. The van der Waals surface area contributed by atoms with Crippen LogP contribution in [-0.4, -0.2) is 30.1 Å². The molecule has 1 heterocycles. The fraction of sp³-hybridized carbons (Fsp3) is 0.733. The number of aromatic nitrogens is 2. The maximum Gasteiger partial charge on any atom is 0.137 e. The molecule has 0 fully saturated rings. The summed E-state index contributed by atoms with van der Waals surface area (Å²) in [5, 5.41) is 3.33. The predicted molar refractivity (Wildman–Crippen MR) is 83.0 cm³/mol. The largest absolute Gasteiger partial charge is 0.370 e. The van der Waals surface area contributed by atoms with Gasteiger partial charge in [-0.1, -0.05) is 20.8 Å². The normalized spacial score (nSPS) is 10.9. The lowest BCUT2D eigenvalue weighted by Gasteiger charge is -2.23. The van der Waals surface area contributed by atoms with E-state index in [4.69, 9.17) is 0 Å². The van der Waals surface area contributed by atoms with Crippen LogP contribution in [0.4, 0.5) is 11.6 Å². The quantitative estimate of drug-likeness (QED) is 0.820. The van der Waals surface area contributed by atoms with E-state index in [1.807, 2.05) is 0 Å². The number of rotatable bonds is 7. The molecule has 0 unspecified atom stereocenters. The van der Waals surface area contributed by atoms with E-state index in [2.05, 4.69) is 61.9 Å². The van der Waals surface area contributed by atoms with E-state index >= 15 is 0 Å². The predicted octanol–water partition coefficient (Wildman–Crippen LogP) is 3.26. The van der Waals surface area contributed by atoms with Gasteiger partial charge in [-0.05, 0) is 26.2 Å². The molecule has 1 N–H and O–H groups in total. The molecule has 0 radical (unpaired) electrons. The molecule has 0 spiro atoms. The van der Waals surface area contributed by atoms with Gasteiger partial charge >= 0.3 is 0 Å². The van der Waals surface area contributed by atoms with Crippen molar-refractivity contribution in [3.63, 3.8) is 0 Å². The highest BCUT2D eigenvalue weighted by Gasteiger charge is 2.13. The maximum absolute atomic E-state index is 4.69. The Balaban J connectivity index is 3.00. The van der Waals surface area contributed by atoms with Crippen LogP contribution in [0, 0.1) is 12.8 Å². The summed E-state index contributed by atoms with van der Waals surface area (Å²) in [6.07, 6.45) is 2.04. The summed E-state index contributed by atoms with van der Waals surface area (Å²) >= 11 is 0. The van der Waals surface area contributed by atoms with E-state index in [0.717, 1.165) is 42.5 Å². The molecule has 1 rings (SSSR count). The summed E-state index contributed by atoms with van der Waals surface area (Å²) in [6, 6.07) is 0. The summed E-state index contributed by atoms with van der Waals surface area (Å²) in [6.45, 7) is 12.7. The van der Waals surface area contributed by atoms with Crippen molar-refractivity contribution in [2.45, 2.75) is 47.5 Å². The van der Waals surface area contributed by atoms with Crippen molar-refractivity contribution >= 4 is 11.6 Å². The average Bonchev–Trinajstić information content (AvgIpc) is 2.38. The molecule has 0 saturated carbocycles. The number of hydrogen-bond donors (Lipinski definition) is 1.